The fourth-order valence-electron chi connectivity index (χ4n) is 12.1. The standard InChI is InChI=1S/C49H79FO3/c1-33(2)13-10-15-35(5)16-12-17-36(6)27-30-52-46-24-19-38(31-45(46)50)47(51)53-40-25-28-48(8)39(32-40)20-21-41-43-23-22-42(37(7)18-11-14-34(3)4)49(43,9)29-26-44(41)48/h19-20,24,31,33-37,40-44H,10-18,21-23,25-30,32H2,1-9H3/t35?,36?,37-,40?,41+,42-,43+,44+,48+,49-/m1/s1. The maximum absolute atomic E-state index is 15.1. The monoisotopic (exact) mass is 735 g/mol. The summed E-state index contributed by atoms with van der Waals surface area (Å²) < 4.78 is 27.0. The Labute approximate surface area is 325 Å². The number of hydrogen-bond donors (Lipinski definition) is 0. The second kappa shape index (κ2) is 18.9. The highest BCUT2D eigenvalue weighted by molar-refractivity contribution is 5.89. The molecule has 1 aromatic rings. The van der Waals surface area contributed by atoms with Crippen LogP contribution in [-0.2, 0) is 4.74 Å². The molecule has 3 fully saturated rings. The molecule has 3 unspecified atom stereocenters. The highest BCUT2D eigenvalue weighted by atomic mass is 19.1. The lowest BCUT2D eigenvalue weighted by Gasteiger charge is -2.58. The number of esters is 1. The summed E-state index contributed by atoms with van der Waals surface area (Å²) in [6.07, 6.45) is 24.7. The third-order valence-electron chi connectivity index (χ3n) is 15.4. The van der Waals surface area contributed by atoms with E-state index in [2.05, 4.69) is 68.4 Å². The molecule has 4 aliphatic carbocycles. The molecule has 0 radical (unpaired) electrons. The Kier molecular flexibility index (Phi) is 15.1. The molecule has 0 bridgehead atoms. The average Bonchev–Trinajstić information content (AvgIpc) is 3.46. The zero-order valence-corrected chi connectivity index (χ0v) is 35.6. The molecule has 0 aliphatic heterocycles. The average molecular weight is 735 g/mol. The van der Waals surface area contributed by atoms with Crippen molar-refractivity contribution in [3.05, 3.63) is 41.2 Å². The Morgan fingerprint density at radius 2 is 1.45 bits per heavy atom. The minimum Gasteiger partial charge on any atom is -0.491 e. The van der Waals surface area contributed by atoms with Crippen molar-refractivity contribution >= 4 is 5.97 Å². The molecule has 3 nitrogen and oxygen atoms in total. The molecule has 3 saturated carbocycles. The molecule has 1 aromatic carbocycles. The van der Waals surface area contributed by atoms with Crippen LogP contribution in [0.2, 0.25) is 0 Å². The SMILES string of the molecule is CC(C)CCCC(C)CCCC(C)CCOc1ccc(C(=O)OC2CC[C@@]3(C)C(=CC[C@H]4[C@@H]5CC[C@H]([C@H](C)CCCC(C)C)[C@@]5(C)CC[C@@H]43)C2)cc1F. The second-order valence-corrected chi connectivity index (χ2v) is 20.3. The van der Waals surface area contributed by atoms with Gasteiger partial charge in [-0.2, -0.15) is 0 Å². The zero-order valence-electron chi connectivity index (χ0n) is 35.6. The lowest BCUT2D eigenvalue weighted by molar-refractivity contribution is -0.0594. The number of allylic oxidation sites excluding steroid dienone is 1. The van der Waals surface area contributed by atoms with Gasteiger partial charge in [0, 0.05) is 6.42 Å². The molecule has 0 N–H and O–H groups in total. The molecule has 0 spiro atoms. The smallest absolute Gasteiger partial charge is 0.338 e. The molecular formula is C49H79FO3. The highest BCUT2D eigenvalue weighted by Gasteiger charge is 2.59. The van der Waals surface area contributed by atoms with E-state index in [1.807, 2.05) is 0 Å². The number of ether oxygens (including phenoxy) is 2. The molecule has 0 heterocycles. The summed E-state index contributed by atoms with van der Waals surface area (Å²) in [5.74, 6) is 6.35. The molecule has 4 heteroatoms. The van der Waals surface area contributed by atoms with Gasteiger partial charge >= 0.3 is 5.97 Å². The first-order valence-electron chi connectivity index (χ1n) is 22.5. The minimum atomic E-state index is -0.483. The lowest BCUT2D eigenvalue weighted by atomic mass is 9.47. The Morgan fingerprint density at radius 1 is 0.792 bits per heavy atom. The van der Waals surface area contributed by atoms with Gasteiger partial charge in [0.2, 0.25) is 0 Å². The van der Waals surface area contributed by atoms with Crippen LogP contribution in [0.4, 0.5) is 4.39 Å². The van der Waals surface area contributed by atoms with Gasteiger partial charge in [0.05, 0.1) is 12.2 Å². The lowest BCUT2D eigenvalue weighted by Crippen LogP contribution is -2.51. The van der Waals surface area contributed by atoms with E-state index in [1.54, 1.807) is 12.1 Å². The van der Waals surface area contributed by atoms with E-state index < -0.39 is 11.8 Å². The number of benzene rings is 1. The van der Waals surface area contributed by atoms with Crippen LogP contribution in [-0.4, -0.2) is 18.7 Å². The van der Waals surface area contributed by atoms with Gasteiger partial charge in [-0.25, -0.2) is 9.18 Å². The first kappa shape index (κ1) is 42.3. The van der Waals surface area contributed by atoms with Crippen molar-refractivity contribution in [2.75, 3.05) is 6.61 Å². The third kappa shape index (κ3) is 10.5. The number of hydrogen-bond acceptors (Lipinski definition) is 3. The first-order chi connectivity index (χ1) is 25.2. The van der Waals surface area contributed by atoms with E-state index >= 15 is 4.39 Å². The molecule has 10 atom stereocenters. The van der Waals surface area contributed by atoms with Gasteiger partial charge < -0.3 is 9.47 Å². The van der Waals surface area contributed by atoms with Crippen molar-refractivity contribution in [3.8, 4) is 5.75 Å². The fraction of sp³-hybridized carbons (Fsp3) is 0.816. The maximum atomic E-state index is 15.1. The topological polar surface area (TPSA) is 35.5 Å². The number of rotatable bonds is 19. The van der Waals surface area contributed by atoms with E-state index in [1.165, 1.54) is 102 Å². The summed E-state index contributed by atoms with van der Waals surface area (Å²) in [7, 11) is 0. The van der Waals surface area contributed by atoms with E-state index in [0.29, 0.717) is 17.9 Å². The van der Waals surface area contributed by atoms with Crippen LogP contribution in [0.15, 0.2) is 29.8 Å². The van der Waals surface area contributed by atoms with E-state index in [0.717, 1.165) is 73.0 Å². The Morgan fingerprint density at radius 3 is 2.13 bits per heavy atom. The van der Waals surface area contributed by atoms with Gasteiger partial charge in [0.15, 0.2) is 11.6 Å². The predicted octanol–water partition coefficient (Wildman–Crippen LogP) is 14.4. The van der Waals surface area contributed by atoms with Gasteiger partial charge in [0.1, 0.15) is 6.10 Å². The molecule has 4 aliphatic rings. The second-order valence-electron chi connectivity index (χ2n) is 20.3. The molecule has 0 saturated heterocycles. The number of carbonyl (C=O) groups excluding carboxylic acids is 1. The normalized spacial score (nSPS) is 31.3. The van der Waals surface area contributed by atoms with Crippen molar-refractivity contribution < 1.29 is 18.7 Å². The Hall–Kier alpha value is -1.84. The Bertz CT molecular complexity index is 1350. The first-order valence-corrected chi connectivity index (χ1v) is 22.5. The highest BCUT2D eigenvalue weighted by Crippen LogP contribution is 2.67. The van der Waals surface area contributed by atoms with Crippen molar-refractivity contribution in [2.45, 2.75) is 184 Å². The summed E-state index contributed by atoms with van der Waals surface area (Å²) in [6.45, 7) is 22.2. The third-order valence-corrected chi connectivity index (χ3v) is 15.4. The number of carbonyl (C=O) groups is 1. The van der Waals surface area contributed by atoms with Crippen LogP contribution < -0.4 is 4.74 Å². The summed E-state index contributed by atoms with van der Waals surface area (Å²) in [5, 5.41) is 0. The number of halogens is 1. The Balaban J connectivity index is 1.07. The van der Waals surface area contributed by atoms with Gasteiger partial charge in [-0.15, -0.1) is 0 Å². The zero-order chi connectivity index (χ0) is 38.3. The molecule has 53 heavy (non-hydrogen) atoms. The van der Waals surface area contributed by atoms with Gasteiger partial charge in [-0.1, -0.05) is 132 Å². The van der Waals surface area contributed by atoms with Crippen LogP contribution in [0, 0.1) is 69.9 Å². The van der Waals surface area contributed by atoms with Gasteiger partial charge in [0.25, 0.3) is 0 Å². The van der Waals surface area contributed by atoms with E-state index in [4.69, 9.17) is 9.47 Å². The minimum absolute atomic E-state index is 0.140. The van der Waals surface area contributed by atoms with Gasteiger partial charge in [-0.3, -0.25) is 0 Å². The summed E-state index contributed by atoms with van der Waals surface area (Å²) in [6, 6.07) is 4.58. The van der Waals surface area contributed by atoms with Crippen LogP contribution in [0.25, 0.3) is 0 Å². The summed E-state index contributed by atoms with van der Waals surface area (Å²) in [4.78, 5) is 13.3. The predicted molar refractivity (Wildman–Crippen MR) is 220 cm³/mol. The largest absolute Gasteiger partial charge is 0.491 e. The molecular weight excluding hydrogens is 656 g/mol. The van der Waals surface area contributed by atoms with Crippen LogP contribution >= 0.6 is 0 Å². The molecule has 5 rings (SSSR count). The van der Waals surface area contributed by atoms with Crippen molar-refractivity contribution in [3.63, 3.8) is 0 Å². The van der Waals surface area contributed by atoms with Crippen LogP contribution in [0.5, 0.6) is 5.75 Å². The van der Waals surface area contributed by atoms with Crippen molar-refractivity contribution in [1.82, 2.24) is 0 Å². The quantitative estimate of drug-likeness (QED) is 0.105. The van der Waals surface area contributed by atoms with Crippen molar-refractivity contribution in [1.29, 1.82) is 0 Å². The fourth-order valence-corrected chi connectivity index (χ4v) is 12.1. The maximum Gasteiger partial charge on any atom is 0.338 e. The summed E-state index contributed by atoms with van der Waals surface area (Å²) in [5.41, 5.74) is 2.50. The molecule has 0 aromatic heterocycles. The number of fused-ring (bicyclic) bond motifs is 5. The molecule has 0 amide bonds. The molecule has 300 valence electrons. The van der Waals surface area contributed by atoms with Gasteiger partial charge in [-0.05, 0) is 134 Å². The van der Waals surface area contributed by atoms with E-state index in [-0.39, 0.29) is 22.8 Å². The van der Waals surface area contributed by atoms with Crippen molar-refractivity contribution in [2.24, 2.45) is 64.1 Å². The van der Waals surface area contributed by atoms with E-state index in [9.17, 15) is 4.79 Å². The van der Waals surface area contributed by atoms with Crippen LogP contribution in [0.3, 0.4) is 0 Å². The summed E-state index contributed by atoms with van der Waals surface area (Å²) >= 11 is 0. The van der Waals surface area contributed by atoms with Crippen LogP contribution in [0.1, 0.15) is 188 Å².